The normalized spacial score (nSPS) is 18.3. The molecule has 1 saturated carbocycles. The van der Waals surface area contributed by atoms with Crippen LogP contribution in [-0.4, -0.2) is 47.3 Å². The maximum absolute atomic E-state index is 11.3. The van der Waals surface area contributed by atoms with Gasteiger partial charge < -0.3 is 19.1 Å². The molecule has 4 rings (SSSR count). The molecule has 0 spiro atoms. The van der Waals surface area contributed by atoms with Crippen LogP contribution < -0.4 is 9.47 Å². The van der Waals surface area contributed by atoms with Crippen LogP contribution in [0.25, 0.3) is 11.4 Å². The van der Waals surface area contributed by atoms with Gasteiger partial charge in [-0.15, -0.1) is 5.10 Å². The summed E-state index contributed by atoms with van der Waals surface area (Å²) in [7, 11) is 1.78. The molecule has 2 atom stereocenters. The Morgan fingerprint density at radius 3 is 2.91 bits per heavy atom. The van der Waals surface area contributed by atoms with Gasteiger partial charge in [-0.1, -0.05) is 12.1 Å². The predicted octanol–water partition coefficient (Wildman–Crippen LogP) is 3.12. The molecule has 1 fully saturated rings. The van der Waals surface area contributed by atoms with Gasteiger partial charge in [0.05, 0.1) is 23.4 Å². The summed E-state index contributed by atoms with van der Waals surface area (Å²) in [6.45, 7) is 4.05. The van der Waals surface area contributed by atoms with Gasteiger partial charge in [0.15, 0.2) is 0 Å². The molecule has 0 aromatic carbocycles. The van der Waals surface area contributed by atoms with E-state index >= 15 is 0 Å². The molecule has 0 amide bonds. The Hall–Kier alpha value is -3.50. The fraction of sp³-hybridized carbons (Fsp3) is 0.545. The number of hydrogen-bond acceptors (Lipinski definition) is 9. The van der Waals surface area contributed by atoms with Crippen LogP contribution >= 0.6 is 0 Å². The third kappa shape index (κ3) is 5.29. The second-order valence-electron chi connectivity index (χ2n) is 8.24. The van der Waals surface area contributed by atoms with Crippen LogP contribution in [0.4, 0.5) is 0 Å². The zero-order valence-electron chi connectivity index (χ0n) is 19.0. The number of hydrogen-bond donors (Lipinski definition) is 1. The molecule has 3 aromatic rings. The van der Waals surface area contributed by atoms with E-state index in [2.05, 4.69) is 25.4 Å². The lowest BCUT2D eigenvalue weighted by atomic mass is 9.87. The quantitative estimate of drug-likeness (QED) is 0.511. The number of aliphatic carboxylic acids is 1. The van der Waals surface area contributed by atoms with Crippen molar-refractivity contribution in [3.63, 3.8) is 0 Å². The van der Waals surface area contributed by atoms with E-state index in [1.807, 2.05) is 26.0 Å². The number of pyridine rings is 1. The lowest BCUT2D eigenvalue weighted by Gasteiger charge is -2.27. The molecule has 0 saturated heterocycles. The van der Waals surface area contributed by atoms with Crippen molar-refractivity contribution < 1.29 is 23.9 Å². The van der Waals surface area contributed by atoms with Crippen LogP contribution in [0.2, 0.25) is 0 Å². The summed E-state index contributed by atoms with van der Waals surface area (Å²) in [5.74, 6) is 0.0760. The zero-order valence-corrected chi connectivity index (χ0v) is 19.0. The summed E-state index contributed by atoms with van der Waals surface area (Å²) < 4.78 is 18.6. The molecule has 0 unspecified atom stereocenters. The van der Waals surface area contributed by atoms with E-state index in [0.29, 0.717) is 53.7 Å². The minimum Gasteiger partial charge on any atom is -0.489 e. The monoisotopic (exact) mass is 456 g/mol. The molecule has 0 bridgehead atoms. The first kappa shape index (κ1) is 22.7. The molecular formula is C22H28N6O5. The van der Waals surface area contributed by atoms with E-state index in [-0.39, 0.29) is 24.6 Å². The topological polar surface area (TPSA) is 138 Å². The molecule has 11 heteroatoms. The van der Waals surface area contributed by atoms with Crippen molar-refractivity contribution in [1.29, 1.82) is 0 Å². The number of rotatable bonds is 9. The molecule has 3 heterocycles. The van der Waals surface area contributed by atoms with Crippen molar-refractivity contribution in [3.05, 3.63) is 29.4 Å². The van der Waals surface area contributed by atoms with Gasteiger partial charge in [-0.3, -0.25) is 4.79 Å². The van der Waals surface area contributed by atoms with Crippen molar-refractivity contribution in [2.45, 2.75) is 65.1 Å². The van der Waals surface area contributed by atoms with Gasteiger partial charge in [-0.25, -0.2) is 9.67 Å². The first-order chi connectivity index (χ1) is 15.9. The van der Waals surface area contributed by atoms with Crippen LogP contribution in [0.15, 0.2) is 16.7 Å². The summed E-state index contributed by atoms with van der Waals surface area (Å²) >= 11 is 0. The minimum atomic E-state index is -0.756. The molecule has 0 radical (unpaired) electrons. The molecule has 1 N–H and O–H groups in total. The van der Waals surface area contributed by atoms with Gasteiger partial charge in [0.25, 0.3) is 0 Å². The fourth-order valence-corrected chi connectivity index (χ4v) is 3.94. The maximum Gasteiger partial charge on any atom is 0.354 e. The van der Waals surface area contributed by atoms with E-state index in [4.69, 9.17) is 14.0 Å². The van der Waals surface area contributed by atoms with Gasteiger partial charge in [0.1, 0.15) is 23.7 Å². The fourth-order valence-electron chi connectivity index (χ4n) is 3.94. The van der Waals surface area contributed by atoms with Crippen molar-refractivity contribution in [1.82, 2.24) is 30.1 Å². The molecule has 1 aliphatic carbocycles. The average Bonchev–Trinajstić information content (AvgIpc) is 3.40. The van der Waals surface area contributed by atoms with Crippen molar-refractivity contribution >= 4 is 5.97 Å². The number of ether oxygens (including phenoxy) is 2. The SMILES string of the molecule is CCCc1nc(OCc2c(-c3ccc(O[C@H]4CCC[C@H](C(=O)O)C4)c(C)n3)nnn2C)no1. The smallest absolute Gasteiger partial charge is 0.354 e. The Labute approximate surface area is 191 Å². The summed E-state index contributed by atoms with van der Waals surface area (Å²) in [4.78, 5) is 20.2. The van der Waals surface area contributed by atoms with E-state index in [1.54, 1.807) is 11.7 Å². The highest BCUT2D eigenvalue weighted by Gasteiger charge is 2.28. The van der Waals surface area contributed by atoms with Gasteiger partial charge in [0, 0.05) is 13.5 Å². The minimum absolute atomic E-state index is 0.126. The van der Waals surface area contributed by atoms with Gasteiger partial charge in [-0.05, 0) is 56.3 Å². The van der Waals surface area contributed by atoms with Crippen LogP contribution in [-0.2, 0) is 24.9 Å². The highest BCUT2D eigenvalue weighted by atomic mass is 16.6. The van der Waals surface area contributed by atoms with Crippen molar-refractivity contribution in [2.24, 2.45) is 13.0 Å². The first-order valence-corrected chi connectivity index (χ1v) is 11.2. The molecule has 33 heavy (non-hydrogen) atoms. The highest BCUT2D eigenvalue weighted by molar-refractivity contribution is 5.70. The number of carboxylic acids is 1. The summed E-state index contributed by atoms with van der Waals surface area (Å²) in [5, 5.41) is 21.5. The van der Waals surface area contributed by atoms with Gasteiger partial charge in [-0.2, -0.15) is 4.98 Å². The molecule has 3 aromatic heterocycles. The number of aryl methyl sites for hydroxylation is 3. The Morgan fingerprint density at radius 1 is 1.30 bits per heavy atom. The first-order valence-electron chi connectivity index (χ1n) is 11.2. The Bertz CT molecular complexity index is 1110. The molecule has 11 nitrogen and oxygen atoms in total. The van der Waals surface area contributed by atoms with Gasteiger partial charge >= 0.3 is 12.0 Å². The largest absolute Gasteiger partial charge is 0.489 e. The number of aromatic nitrogens is 6. The molecule has 0 aliphatic heterocycles. The van der Waals surface area contributed by atoms with Gasteiger partial charge in [0.2, 0.25) is 5.89 Å². The lowest BCUT2D eigenvalue weighted by Crippen LogP contribution is -2.29. The van der Waals surface area contributed by atoms with E-state index in [1.165, 1.54) is 0 Å². The zero-order chi connectivity index (χ0) is 23.4. The number of nitrogens with zero attached hydrogens (tertiary/aromatic N) is 6. The van der Waals surface area contributed by atoms with E-state index in [0.717, 1.165) is 19.3 Å². The lowest BCUT2D eigenvalue weighted by molar-refractivity contribution is -0.143. The predicted molar refractivity (Wildman–Crippen MR) is 116 cm³/mol. The van der Waals surface area contributed by atoms with Crippen LogP contribution in [0.5, 0.6) is 11.8 Å². The Kier molecular flexibility index (Phi) is 6.85. The maximum atomic E-state index is 11.3. The van der Waals surface area contributed by atoms with Crippen LogP contribution in [0, 0.1) is 12.8 Å². The second-order valence-corrected chi connectivity index (χ2v) is 8.24. The summed E-state index contributed by atoms with van der Waals surface area (Å²) in [5.41, 5.74) is 2.64. The van der Waals surface area contributed by atoms with E-state index in [9.17, 15) is 9.90 Å². The molecule has 176 valence electrons. The molecular weight excluding hydrogens is 428 g/mol. The third-order valence-corrected chi connectivity index (χ3v) is 5.74. The highest BCUT2D eigenvalue weighted by Crippen LogP contribution is 2.30. The van der Waals surface area contributed by atoms with Crippen LogP contribution in [0.3, 0.4) is 0 Å². The standard InChI is InChI=1S/C22H28N6O5/c1-4-6-19-24-22(26-33-19)31-12-17-20(25-27-28(17)3)16-9-10-18(13(2)23-16)32-15-8-5-7-14(11-15)21(29)30/h9-10,14-15H,4-8,11-12H2,1-3H3,(H,29,30)/t14-,15-/m0/s1. The van der Waals surface area contributed by atoms with Crippen molar-refractivity contribution in [2.75, 3.05) is 0 Å². The Balaban J connectivity index is 1.46. The number of carboxylic acid groups (broad SMARTS) is 1. The number of carbonyl (C=O) groups is 1. The van der Waals surface area contributed by atoms with Crippen LogP contribution in [0.1, 0.15) is 56.3 Å². The third-order valence-electron chi connectivity index (χ3n) is 5.74. The Morgan fingerprint density at radius 2 is 2.15 bits per heavy atom. The average molecular weight is 457 g/mol. The summed E-state index contributed by atoms with van der Waals surface area (Å²) in [6.07, 6.45) is 4.37. The molecule has 1 aliphatic rings. The second kappa shape index (κ2) is 9.97. The van der Waals surface area contributed by atoms with Crippen molar-refractivity contribution in [3.8, 4) is 23.1 Å². The summed E-state index contributed by atoms with van der Waals surface area (Å²) in [6, 6.07) is 3.84. The van der Waals surface area contributed by atoms with E-state index < -0.39 is 5.97 Å².